The molecule has 0 fully saturated rings. The van der Waals surface area contributed by atoms with Gasteiger partial charge < -0.3 is 0 Å². The summed E-state index contributed by atoms with van der Waals surface area (Å²) in [6, 6.07) is 18.0. The van der Waals surface area contributed by atoms with Gasteiger partial charge in [0, 0.05) is 0 Å². The minimum atomic E-state index is 0.672. The van der Waals surface area contributed by atoms with Crippen LogP contribution in [0.5, 0.6) is 0 Å². The predicted molar refractivity (Wildman–Crippen MR) is 83.7 cm³/mol. The summed E-state index contributed by atoms with van der Waals surface area (Å²) in [6.45, 7) is 6.68. The summed E-state index contributed by atoms with van der Waals surface area (Å²) in [5, 5.41) is 0. The average molecular weight is 252 g/mol. The normalized spacial score (nSPS) is 12.4. The summed E-state index contributed by atoms with van der Waals surface area (Å²) in [6.07, 6.45) is 3.47. The van der Waals surface area contributed by atoms with Crippen LogP contribution in [0, 0.1) is 6.92 Å². The third kappa shape index (κ3) is 3.96. The number of benzene rings is 2. The Morgan fingerprint density at radius 3 is 1.74 bits per heavy atom. The third-order valence-electron chi connectivity index (χ3n) is 3.98. The SMILES string of the molecule is CCC(C)c1ccc(CCc2ccc(C)cc2)cc1. The van der Waals surface area contributed by atoms with Crippen molar-refractivity contribution in [3.05, 3.63) is 70.8 Å². The zero-order chi connectivity index (χ0) is 13.7. The summed E-state index contributed by atoms with van der Waals surface area (Å²) in [5.74, 6) is 0.672. The Bertz CT molecular complexity index is 491. The summed E-state index contributed by atoms with van der Waals surface area (Å²) < 4.78 is 0. The molecule has 0 radical (unpaired) electrons. The van der Waals surface area contributed by atoms with Crippen LogP contribution >= 0.6 is 0 Å². The second kappa shape index (κ2) is 6.56. The quantitative estimate of drug-likeness (QED) is 0.678. The first kappa shape index (κ1) is 13.9. The molecule has 2 rings (SSSR count). The highest BCUT2D eigenvalue weighted by Crippen LogP contribution is 2.19. The Morgan fingerprint density at radius 1 is 0.789 bits per heavy atom. The van der Waals surface area contributed by atoms with Gasteiger partial charge in [0.05, 0.1) is 0 Å². The molecule has 2 aromatic rings. The number of hydrogen-bond acceptors (Lipinski definition) is 0. The molecule has 0 aliphatic heterocycles. The topological polar surface area (TPSA) is 0 Å². The second-order valence-corrected chi connectivity index (χ2v) is 5.54. The Labute approximate surface area is 117 Å². The van der Waals surface area contributed by atoms with Gasteiger partial charge in [0.15, 0.2) is 0 Å². The molecule has 1 unspecified atom stereocenters. The van der Waals surface area contributed by atoms with Crippen LogP contribution in [0.1, 0.15) is 48.4 Å². The van der Waals surface area contributed by atoms with Crippen molar-refractivity contribution in [1.82, 2.24) is 0 Å². The van der Waals surface area contributed by atoms with Gasteiger partial charge in [0.1, 0.15) is 0 Å². The standard InChI is InChI=1S/C19H24/c1-4-16(3)19-13-11-18(12-14-19)10-9-17-7-5-15(2)6-8-17/h5-8,11-14,16H,4,9-10H2,1-3H3. The fourth-order valence-corrected chi connectivity index (χ4v) is 2.29. The molecule has 0 aromatic heterocycles. The highest BCUT2D eigenvalue weighted by molar-refractivity contribution is 5.27. The smallest absolute Gasteiger partial charge is 0.0193 e. The third-order valence-corrected chi connectivity index (χ3v) is 3.98. The van der Waals surface area contributed by atoms with Crippen molar-refractivity contribution in [2.45, 2.75) is 46.0 Å². The maximum Gasteiger partial charge on any atom is -0.0193 e. The van der Waals surface area contributed by atoms with Crippen LogP contribution in [-0.2, 0) is 12.8 Å². The predicted octanol–water partition coefficient (Wildman–Crippen LogP) is 5.29. The molecule has 0 heterocycles. The molecule has 0 aliphatic rings. The van der Waals surface area contributed by atoms with Crippen LogP contribution in [0.15, 0.2) is 48.5 Å². The van der Waals surface area contributed by atoms with Crippen LogP contribution in [-0.4, -0.2) is 0 Å². The lowest BCUT2D eigenvalue weighted by atomic mass is 9.96. The van der Waals surface area contributed by atoms with Gasteiger partial charge in [-0.25, -0.2) is 0 Å². The summed E-state index contributed by atoms with van der Waals surface area (Å²) in [7, 11) is 0. The molecular formula is C19H24. The molecule has 0 N–H and O–H groups in total. The molecule has 0 bridgehead atoms. The van der Waals surface area contributed by atoms with Gasteiger partial charge in [0.2, 0.25) is 0 Å². The van der Waals surface area contributed by atoms with E-state index in [-0.39, 0.29) is 0 Å². The van der Waals surface area contributed by atoms with Crippen LogP contribution in [0.4, 0.5) is 0 Å². The van der Waals surface area contributed by atoms with E-state index in [0.717, 1.165) is 12.8 Å². The molecule has 0 heteroatoms. The van der Waals surface area contributed by atoms with Crippen molar-refractivity contribution < 1.29 is 0 Å². The maximum absolute atomic E-state index is 2.29. The van der Waals surface area contributed by atoms with Crippen LogP contribution < -0.4 is 0 Å². The van der Waals surface area contributed by atoms with Crippen molar-refractivity contribution in [3.8, 4) is 0 Å². The highest BCUT2D eigenvalue weighted by Gasteiger charge is 2.02. The van der Waals surface area contributed by atoms with E-state index in [4.69, 9.17) is 0 Å². The van der Waals surface area contributed by atoms with Crippen molar-refractivity contribution in [1.29, 1.82) is 0 Å². The molecule has 0 spiro atoms. The lowest BCUT2D eigenvalue weighted by molar-refractivity contribution is 0.733. The van der Waals surface area contributed by atoms with Crippen LogP contribution in [0.25, 0.3) is 0 Å². The Balaban J connectivity index is 1.94. The van der Waals surface area contributed by atoms with E-state index in [1.165, 1.54) is 28.7 Å². The molecule has 2 aromatic carbocycles. The average Bonchev–Trinajstić information content (AvgIpc) is 2.46. The Morgan fingerprint density at radius 2 is 1.26 bits per heavy atom. The molecule has 0 saturated heterocycles. The first-order chi connectivity index (χ1) is 9.19. The zero-order valence-corrected chi connectivity index (χ0v) is 12.3. The van der Waals surface area contributed by atoms with Gasteiger partial charge in [0.25, 0.3) is 0 Å². The van der Waals surface area contributed by atoms with E-state index in [1.54, 1.807) is 0 Å². The molecule has 0 aliphatic carbocycles. The van der Waals surface area contributed by atoms with E-state index in [1.807, 2.05) is 0 Å². The van der Waals surface area contributed by atoms with E-state index in [9.17, 15) is 0 Å². The molecule has 100 valence electrons. The number of rotatable bonds is 5. The van der Waals surface area contributed by atoms with Gasteiger partial charge in [-0.05, 0) is 48.8 Å². The highest BCUT2D eigenvalue weighted by atomic mass is 14.1. The monoisotopic (exact) mass is 252 g/mol. The lowest BCUT2D eigenvalue weighted by Crippen LogP contribution is -1.94. The van der Waals surface area contributed by atoms with Crippen LogP contribution in [0.3, 0.4) is 0 Å². The fourth-order valence-electron chi connectivity index (χ4n) is 2.29. The minimum Gasteiger partial charge on any atom is -0.0648 e. The first-order valence-electron chi connectivity index (χ1n) is 7.33. The lowest BCUT2D eigenvalue weighted by Gasteiger charge is -2.10. The van der Waals surface area contributed by atoms with Gasteiger partial charge in [-0.1, -0.05) is 67.9 Å². The van der Waals surface area contributed by atoms with E-state index in [0.29, 0.717) is 5.92 Å². The van der Waals surface area contributed by atoms with E-state index < -0.39 is 0 Å². The fraction of sp³-hybridized carbons (Fsp3) is 0.368. The molecule has 0 nitrogen and oxygen atoms in total. The van der Waals surface area contributed by atoms with E-state index in [2.05, 4.69) is 69.3 Å². The molecule has 0 amide bonds. The number of hydrogen-bond donors (Lipinski definition) is 0. The number of aryl methyl sites for hydroxylation is 3. The summed E-state index contributed by atoms with van der Waals surface area (Å²) in [4.78, 5) is 0. The zero-order valence-electron chi connectivity index (χ0n) is 12.3. The summed E-state index contributed by atoms with van der Waals surface area (Å²) in [5.41, 5.74) is 5.66. The Kier molecular flexibility index (Phi) is 4.79. The van der Waals surface area contributed by atoms with Crippen molar-refractivity contribution in [2.24, 2.45) is 0 Å². The molecule has 0 saturated carbocycles. The van der Waals surface area contributed by atoms with Crippen LogP contribution in [0.2, 0.25) is 0 Å². The van der Waals surface area contributed by atoms with Gasteiger partial charge in [-0.3, -0.25) is 0 Å². The summed E-state index contributed by atoms with van der Waals surface area (Å²) >= 11 is 0. The van der Waals surface area contributed by atoms with Crippen molar-refractivity contribution in [2.75, 3.05) is 0 Å². The van der Waals surface area contributed by atoms with Crippen molar-refractivity contribution in [3.63, 3.8) is 0 Å². The minimum absolute atomic E-state index is 0.672. The maximum atomic E-state index is 2.29. The molecular weight excluding hydrogens is 228 g/mol. The van der Waals surface area contributed by atoms with Gasteiger partial charge in [-0.2, -0.15) is 0 Å². The molecule has 1 atom stereocenters. The van der Waals surface area contributed by atoms with Gasteiger partial charge in [-0.15, -0.1) is 0 Å². The molecule has 19 heavy (non-hydrogen) atoms. The second-order valence-electron chi connectivity index (χ2n) is 5.54. The van der Waals surface area contributed by atoms with Crippen molar-refractivity contribution >= 4 is 0 Å². The van der Waals surface area contributed by atoms with Gasteiger partial charge >= 0.3 is 0 Å². The largest absolute Gasteiger partial charge is 0.0648 e. The first-order valence-corrected chi connectivity index (χ1v) is 7.33. The Hall–Kier alpha value is -1.56. The van der Waals surface area contributed by atoms with E-state index >= 15 is 0 Å².